The minimum absolute atomic E-state index is 0.147. The largest absolute Gasteiger partial charge is 0.454 e. The molecule has 0 unspecified atom stereocenters. The molecule has 0 aliphatic carbocycles. The summed E-state index contributed by atoms with van der Waals surface area (Å²) < 4.78 is 14.4. The second kappa shape index (κ2) is 6.71. The summed E-state index contributed by atoms with van der Waals surface area (Å²) in [7, 11) is 0. The number of alkyl halides is 4. The smallest absolute Gasteiger partial charge is 0.359 e. The fourth-order valence-electron chi connectivity index (χ4n) is 1.74. The summed E-state index contributed by atoms with van der Waals surface area (Å²) in [5.41, 5.74) is 0.672. The first-order valence-electron chi connectivity index (χ1n) is 5.71. The molecular weight excluding hydrogens is 474 g/mol. The second-order valence-corrected chi connectivity index (χ2v) is 8.81. The van der Waals surface area contributed by atoms with E-state index in [0.29, 0.717) is 21.5 Å². The van der Waals surface area contributed by atoms with Gasteiger partial charge in [-0.15, -0.1) is 0 Å². The summed E-state index contributed by atoms with van der Waals surface area (Å²) in [4.78, 5) is 11.6. The van der Waals surface area contributed by atoms with Crippen LogP contribution in [0.3, 0.4) is 0 Å². The standard InChI is InChI=1S/C12H9Br2Cl3O4/c1-5(13)10(21-11(18)12(15,16)17)6-2-8-9(3-7(6)14)20-4-19-8/h2-3,5,10H,4H2,1H3/t5-,10-/m0/s1. The van der Waals surface area contributed by atoms with Gasteiger partial charge >= 0.3 is 5.97 Å². The van der Waals surface area contributed by atoms with Crippen molar-refractivity contribution in [1.29, 1.82) is 0 Å². The van der Waals surface area contributed by atoms with Crippen LogP contribution in [0.15, 0.2) is 16.6 Å². The van der Waals surface area contributed by atoms with Gasteiger partial charge in [0, 0.05) is 10.0 Å². The Morgan fingerprint density at radius 2 is 1.90 bits per heavy atom. The normalized spacial score (nSPS) is 16.5. The maximum absolute atomic E-state index is 11.8. The van der Waals surface area contributed by atoms with E-state index in [0.717, 1.165) is 0 Å². The van der Waals surface area contributed by atoms with E-state index >= 15 is 0 Å². The molecule has 2 rings (SSSR count). The molecule has 0 radical (unpaired) electrons. The molecule has 0 aromatic heterocycles. The van der Waals surface area contributed by atoms with E-state index in [1.165, 1.54) is 0 Å². The fourth-order valence-corrected chi connectivity index (χ4v) is 2.81. The molecule has 21 heavy (non-hydrogen) atoms. The van der Waals surface area contributed by atoms with Gasteiger partial charge in [-0.05, 0) is 19.1 Å². The lowest BCUT2D eigenvalue weighted by Gasteiger charge is -2.24. The molecule has 1 aliphatic heterocycles. The minimum Gasteiger partial charge on any atom is -0.454 e. The van der Waals surface area contributed by atoms with E-state index in [4.69, 9.17) is 49.0 Å². The third-order valence-electron chi connectivity index (χ3n) is 2.68. The van der Waals surface area contributed by atoms with Crippen molar-refractivity contribution in [2.45, 2.75) is 21.6 Å². The van der Waals surface area contributed by atoms with E-state index in [-0.39, 0.29) is 11.6 Å². The molecule has 1 aromatic rings. The van der Waals surface area contributed by atoms with Crippen LogP contribution < -0.4 is 9.47 Å². The predicted molar refractivity (Wildman–Crippen MR) is 87.8 cm³/mol. The molecule has 0 saturated carbocycles. The Morgan fingerprint density at radius 3 is 2.43 bits per heavy atom. The molecule has 0 amide bonds. The van der Waals surface area contributed by atoms with Gasteiger partial charge in [-0.3, -0.25) is 0 Å². The Hall–Kier alpha value is 0.120. The van der Waals surface area contributed by atoms with E-state index in [1.54, 1.807) is 12.1 Å². The van der Waals surface area contributed by atoms with Gasteiger partial charge < -0.3 is 14.2 Å². The summed E-state index contributed by atoms with van der Waals surface area (Å²) in [6.45, 7) is 1.96. The van der Waals surface area contributed by atoms with Crippen LogP contribution in [0.2, 0.25) is 0 Å². The quantitative estimate of drug-likeness (QED) is 0.453. The molecule has 9 heteroatoms. The van der Waals surface area contributed by atoms with Crippen molar-refractivity contribution in [3.8, 4) is 11.5 Å². The Morgan fingerprint density at radius 1 is 1.33 bits per heavy atom. The zero-order chi connectivity index (χ0) is 15.8. The lowest BCUT2D eigenvalue weighted by atomic mass is 10.1. The van der Waals surface area contributed by atoms with Crippen LogP contribution in [0.25, 0.3) is 0 Å². The van der Waals surface area contributed by atoms with Crippen LogP contribution in [0.5, 0.6) is 11.5 Å². The topological polar surface area (TPSA) is 44.8 Å². The van der Waals surface area contributed by atoms with E-state index in [2.05, 4.69) is 31.9 Å². The zero-order valence-corrected chi connectivity index (χ0v) is 16.0. The van der Waals surface area contributed by atoms with Gasteiger partial charge in [0.15, 0.2) is 11.5 Å². The van der Waals surface area contributed by atoms with Crippen LogP contribution in [0.4, 0.5) is 0 Å². The van der Waals surface area contributed by atoms with Crippen LogP contribution in [0.1, 0.15) is 18.6 Å². The Kier molecular flexibility index (Phi) is 5.58. The van der Waals surface area contributed by atoms with Crippen LogP contribution in [-0.2, 0) is 9.53 Å². The van der Waals surface area contributed by atoms with Gasteiger partial charge in [-0.25, -0.2) is 4.79 Å². The lowest BCUT2D eigenvalue weighted by molar-refractivity contribution is -0.148. The number of esters is 1. The van der Waals surface area contributed by atoms with Crippen molar-refractivity contribution >= 4 is 72.6 Å². The van der Waals surface area contributed by atoms with Gasteiger partial charge in [0.25, 0.3) is 3.79 Å². The molecule has 1 heterocycles. The number of fused-ring (bicyclic) bond motifs is 1. The van der Waals surface area contributed by atoms with Gasteiger partial charge in [-0.2, -0.15) is 0 Å². The molecule has 0 bridgehead atoms. The molecule has 4 nitrogen and oxygen atoms in total. The highest BCUT2D eigenvalue weighted by Crippen LogP contribution is 2.42. The number of ether oxygens (including phenoxy) is 3. The summed E-state index contributed by atoms with van der Waals surface area (Å²) in [5.74, 6) is 0.226. The number of benzene rings is 1. The Bertz CT molecular complexity index is 560. The molecule has 116 valence electrons. The number of hydrogen-bond acceptors (Lipinski definition) is 4. The minimum atomic E-state index is -2.14. The van der Waals surface area contributed by atoms with E-state index in [1.807, 2.05) is 6.92 Å². The molecule has 0 N–H and O–H groups in total. The average molecular weight is 483 g/mol. The van der Waals surface area contributed by atoms with Gasteiger partial charge in [0.2, 0.25) is 6.79 Å². The van der Waals surface area contributed by atoms with Crippen molar-refractivity contribution in [2.24, 2.45) is 0 Å². The number of halogens is 5. The average Bonchev–Trinajstić information content (AvgIpc) is 2.80. The highest BCUT2D eigenvalue weighted by Gasteiger charge is 2.37. The third kappa shape index (κ3) is 4.10. The molecule has 1 aromatic carbocycles. The molecule has 0 spiro atoms. The van der Waals surface area contributed by atoms with Crippen molar-refractivity contribution in [3.63, 3.8) is 0 Å². The molecule has 0 saturated heterocycles. The van der Waals surface area contributed by atoms with E-state index < -0.39 is 15.9 Å². The SMILES string of the molecule is C[C@H](Br)[C@H](OC(=O)C(Cl)(Cl)Cl)c1cc2c(cc1Br)OCO2. The molecular formula is C12H9Br2Cl3O4. The summed E-state index contributed by atoms with van der Waals surface area (Å²) in [5, 5.41) is 0. The number of carbonyl (C=O) groups excluding carboxylic acids is 1. The predicted octanol–water partition coefficient (Wildman–Crippen LogP) is 4.92. The Labute approximate surface area is 153 Å². The fraction of sp³-hybridized carbons (Fsp3) is 0.417. The first kappa shape index (κ1) is 17.5. The van der Waals surface area contributed by atoms with Crippen molar-refractivity contribution in [1.82, 2.24) is 0 Å². The third-order valence-corrected chi connectivity index (χ3v) is 4.31. The summed E-state index contributed by atoms with van der Waals surface area (Å²) in [6.07, 6.45) is -0.669. The second-order valence-electron chi connectivity index (χ2n) is 4.23. The van der Waals surface area contributed by atoms with Crippen molar-refractivity contribution < 1.29 is 19.0 Å². The maximum atomic E-state index is 11.8. The van der Waals surface area contributed by atoms with Crippen LogP contribution in [-0.4, -0.2) is 21.4 Å². The Balaban J connectivity index is 2.33. The zero-order valence-electron chi connectivity index (χ0n) is 10.5. The number of carbonyl (C=O) groups is 1. The first-order valence-corrected chi connectivity index (χ1v) is 8.55. The monoisotopic (exact) mass is 480 g/mol. The number of rotatable bonds is 3. The molecule has 2 atom stereocenters. The van der Waals surface area contributed by atoms with Crippen LogP contribution >= 0.6 is 66.7 Å². The summed E-state index contributed by atoms with van der Waals surface area (Å²) in [6, 6.07) is 3.46. The van der Waals surface area contributed by atoms with Crippen LogP contribution in [0, 0.1) is 0 Å². The first-order chi connectivity index (χ1) is 9.70. The van der Waals surface area contributed by atoms with Crippen molar-refractivity contribution in [2.75, 3.05) is 6.79 Å². The highest BCUT2D eigenvalue weighted by atomic mass is 79.9. The summed E-state index contributed by atoms with van der Waals surface area (Å²) >= 11 is 23.4. The molecule has 0 fully saturated rings. The number of hydrogen-bond donors (Lipinski definition) is 0. The lowest BCUT2D eigenvalue weighted by Crippen LogP contribution is -2.27. The van der Waals surface area contributed by atoms with Crippen molar-refractivity contribution in [3.05, 3.63) is 22.2 Å². The molecule has 1 aliphatic rings. The van der Waals surface area contributed by atoms with Gasteiger partial charge in [-0.1, -0.05) is 66.7 Å². The highest BCUT2D eigenvalue weighted by molar-refractivity contribution is 9.10. The van der Waals surface area contributed by atoms with Gasteiger partial charge in [0.05, 0.1) is 4.83 Å². The maximum Gasteiger partial charge on any atom is 0.359 e. The van der Waals surface area contributed by atoms with E-state index in [9.17, 15) is 4.79 Å². The van der Waals surface area contributed by atoms with Gasteiger partial charge in [0.1, 0.15) is 6.10 Å².